The topological polar surface area (TPSA) is 41.5 Å². The van der Waals surface area contributed by atoms with Gasteiger partial charge in [-0.3, -0.25) is 0 Å². The summed E-state index contributed by atoms with van der Waals surface area (Å²) < 4.78 is 6.47. The number of aromatic hydroxyl groups is 1. The highest BCUT2D eigenvalue weighted by Gasteiger charge is 2.14. The minimum atomic E-state index is 0.144. The maximum Gasteiger partial charge on any atom is 0.120 e. The summed E-state index contributed by atoms with van der Waals surface area (Å²) in [5, 5.41) is 13.3. The van der Waals surface area contributed by atoms with Crippen molar-refractivity contribution in [3.63, 3.8) is 0 Å². The van der Waals surface area contributed by atoms with Crippen molar-refractivity contribution in [2.75, 3.05) is 13.2 Å². The number of halogens is 1. The molecular formula is C14H22BrNO2. The molecule has 0 bridgehead atoms. The average Bonchev–Trinajstić information content (AvgIpc) is 2.34. The zero-order valence-corrected chi connectivity index (χ0v) is 12.8. The van der Waals surface area contributed by atoms with Crippen LogP contribution in [0.3, 0.4) is 0 Å². The van der Waals surface area contributed by atoms with Gasteiger partial charge < -0.3 is 15.2 Å². The molecule has 2 N–H and O–H groups in total. The Morgan fingerprint density at radius 2 is 2.11 bits per heavy atom. The van der Waals surface area contributed by atoms with Crippen LogP contribution in [0.15, 0.2) is 22.7 Å². The third kappa shape index (κ3) is 4.59. The number of phenols is 1. The fraction of sp³-hybridized carbons (Fsp3) is 0.571. The number of hydrogen-bond acceptors (Lipinski definition) is 3. The largest absolute Gasteiger partial charge is 0.508 e. The van der Waals surface area contributed by atoms with Gasteiger partial charge in [-0.25, -0.2) is 0 Å². The van der Waals surface area contributed by atoms with E-state index < -0.39 is 0 Å². The SMILES string of the molecule is CCOC(C)CNC(CC)c1cc(Br)ccc1O. The van der Waals surface area contributed by atoms with Gasteiger partial charge in [0.05, 0.1) is 6.10 Å². The molecule has 2 unspecified atom stereocenters. The second-order valence-corrected chi connectivity index (χ2v) is 5.25. The summed E-state index contributed by atoms with van der Waals surface area (Å²) in [6, 6.07) is 5.66. The molecular weight excluding hydrogens is 294 g/mol. The Labute approximate surface area is 118 Å². The molecule has 0 saturated heterocycles. The molecule has 0 aromatic heterocycles. The number of phenolic OH excluding ortho intramolecular Hbond substituents is 1. The van der Waals surface area contributed by atoms with E-state index in [1.54, 1.807) is 6.07 Å². The molecule has 4 heteroatoms. The molecule has 0 amide bonds. The molecule has 102 valence electrons. The van der Waals surface area contributed by atoms with Crippen LogP contribution < -0.4 is 5.32 Å². The molecule has 0 fully saturated rings. The average molecular weight is 316 g/mol. The molecule has 1 aromatic rings. The van der Waals surface area contributed by atoms with Crippen LogP contribution in [0.2, 0.25) is 0 Å². The predicted octanol–water partition coefficient (Wildman–Crippen LogP) is 3.62. The number of benzene rings is 1. The Hall–Kier alpha value is -0.580. The van der Waals surface area contributed by atoms with Crippen molar-refractivity contribution < 1.29 is 9.84 Å². The van der Waals surface area contributed by atoms with Gasteiger partial charge in [0.1, 0.15) is 5.75 Å². The lowest BCUT2D eigenvalue weighted by molar-refractivity contribution is 0.0737. The zero-order chi connectivity index (χ0) is 13.5. The van der Waals surface area contributed by atoms with Crippen LogP contribution in [-0.4, -0.2) is 24.4 Å². The van der Waals surface area contributed by atoms with Gasteiger partial charge in [-0.15, -0.1) is 0 Å². The summed E-state index contributed by atoms with van der Waals surface area (Å²) in [5.41, 5.74) is 0.926. The predicted molar refractivity (Wildman–Crippen MR) is 77.9 cm³/mol. The first-order chi connectivity index (χ1) is 8.58. The Morgan fingerprint density at radius 3 is 2.72 bits per heavy atom. The summed E-state index contributed by atoms with van der Waals surface area (Å²) in [7, 11) is 0. The summed E-state index contributed by atoms with van der Waals surface area (Å²) in [5.74, 6) is 0.335. The standard InChI is InChI=1S/C14H22BrNO2/c1-4-13(16-9-10(3)18-5-2)12-8-11(15)6-7-14(12)17/h6-8,10,13,16-17H,4-5,9H2,1-3H3. The quantitative estimate of drug-likeness (QED) is 0.807. The fourth-order valence-electron chi connectivity index (χ4n) is 1.93. The maximum atomic E-state index is 9.91. The molecule has 0 saturated carbocycles. The van der Waals surface area contributed by atoms with E-state index in [9.17, 15) is 5.11 Å². The van der Waals surface area contributed by atoms with E-state index in [0.29, 0.717) is 5.75 Å². The van der Waals surface area contributed by atoms with Gasteiger partial charge in [-0.1, -0.05) is 22.9 Å². The highest BCUT2D eigenvalue weighted by atomic mass is 79.9. The second kappa shape index (κ2) is 7.77. The Bertz CT molecular complexity index is 371. The van der Waals surface area contributed by atoms with Gasteiger partial charge >= 0.3 is 0 Å². The van der Waals surface area contributed by atoms with Crippen molar-refractivity contribution in [1.29, 1.82) is 0 Å². The van der Waals surface area contributed by atoms with E-state index in [0.717, 1.165) is 29.6 Å². The minimum absolute atomic E-state index is 0.144. The lowest BCUT2D eigenvalue weighted by Gasteiger charge is -2.21. The number of ether oxygens (including phenoxy) is 1. The van der Waals surface area contributed by atoms with Crippen molar-refractivity contribution in [2.45, 2.75) is 39.3 Å². The van der Waals surface area contributed by atoms with Gasteiger partial charge in [0.2, 0.25) is 0 Å². The molecule has 18 heavy (non-hydrogen) atoms. The highest BCUT2D eigenvalue weighted by Crippen LogP contribution is 2.29. The van der Waals surface area contributed by atoms with Crippen molar-refractivity contribution >= 4 is 15.9 Å². The van der Waals surface area contributed by atoms with Crippen molar-refractivity contribution in [3.05, 3.63) is 28.2 Å². The van der Waals surface area contributed by atoms with Crippen LogP contribution in [0.5, 0.6) is 5.75 Å². The molecule has 1 rings (SSSR count). The first-order valence-corrected chi connectivity index (χ1v) is 7.21. The number of hydrogen-bond donors (Lipinski definition) is 2. The Balaban J connectivity index is 2.68. The lowest BCUT2D eigenvalue weighted by atomic mass is 10.0. The van der Waals surface area contributed by atoms with Crippen LogP contribution in [-0.2, 0) is 4.74 Å². The van der Waals surface area contributed by atoms with Crippen LogP contribution in [0.1, 0.15) is 38.8 Å². The van der Waals surface area contributed by atoms with Crippen LogP contribution in [0.25, 0.3) is 0 Å². The van der Waals surface area contributed by atoms with E-state index in [4.69, 9.17) is 4.74 Å². The van der Waals surface area contributed by atoms with E-state index in [-0.39, 0.29) is 12.1 Å². The van der Waals surface area contributed by atoms with E-state index in [2.05, 4.69) is 28.2 Å². The summed E-state index contributed by atoms with van der Waals surface area (Å²) in [4.78, 5) is 0. The Morgan fingerprint density at radius 1 is 1.39 bits per heavy atom. The van der Waals surface area contributed by atoms with Crippen LogP contribution in [0.4, 0.5) is 0 Å². The molecule has 0 radical (unpaired) electrons. The first kappa shape index (κ1) is 15.5. The molecule has 0 aliphatic heterocycles. The van der Waals surface area contributed by atoms with Crippen molar-refractivity contribution in [1.82, 2.24) is 5.32 Å². The van der Waals surface area contributed by atoms with Gasteiger partial charge in [0.15, 0.2) is 0 Å². The van der Waals surface area contributed by atoms with Crippen molar-refractivity contribution in [3.8, 4) is 5.75 Å². The molecule has 0 aliphatic carbocycles. The summed E-state index contributed by atoms with van der Waals surface area (Å²) in [6.07, 6.45) is 1.10. The smallest absolute Gasteiger partial charge is 0.120 e. The second-order valence-electron chi connectivity index (χ2n) is 4.34. The van der Waals surface area contributed by atoms with Gasteiger partial charge in [-0.05, 0) is 38.5 Å². The first-order valence-electron chi connectivity index (χ1n) is 6.41. The van der Waals surface area contributed by atoms with Crippen LogP contribution in [0, 0.1) is 0 Å². The lowest BCUT2D eigenvalue weighted by Crippen LogP contribution is -2.30. The number of nitrogens with one attached hydrogen (secondary N) is 1. The van der Waals surface area contributed by atoms with Gasteiger partial charge in [-0.2, -0.15) is 0 Å². The zero-order valence-electron chi connectivity index (χ0n) is 11.2. The summed E-state index contributed by atoms with van der Waals surface area (Å²) in [6.45, 7) is 7.64. The molecule has 1 aromatic carbocycles. The van der Waals surface area contributed by atoms with Crippen LogP contribution >= 0.6 is 15.9 Å². The molecule has 0 spiro atoms. The maximum absolute atomic E-state index is 9.91. The van der Waals surface area contributed by atoms with Gasteiger partial charge in [0.25, 0.3) is 0 Å². The minimum Gasteiger partial charge on any atom is -0.508 e. The van der Waals surface area contributed by atoms with E-state index in [1.165, 1.54) is 0 Å². The molecule has 3 nitrogen and oxygen atoms in total. The van der Waals surface area contributed by atoms with E-state index >= 15 is 0 Å². The monoisotopic (exact) mass is 315 g/mol. The highest BCUT2D eigenvalue weighted by molar-refractivity contribution is 9.10. The van der Waals surface area contributed by atoms with Gasteiger partial charge in [0, 0.05) is 29.2 Å². The number of rotatable bonds is 7. The van der Waals surface area contributed by atoms with E-state index in [1.807, 2.05) is 26.0 Å². The summed E-state index contributed by atoms with van der Waals surface area (Å²) >= 11 is 3.44. The Kier molecular flexibility index (Phi) is 6.68. The normalized spacial score (nSPS) is 14.4. The van der Waals surface area contributed by atoms with Crippen molar-refractivity contribution in [2.24, 2.45) is 0 Å². The molecule has 0 aliphatic rings. The third-order valence-electron chi connectivity index (χ3n) is 2.88. The molecule has 0 heterocycles. The third-order valence-corrected chi connectivity index (χ3v) is 3.37. The molecule has 2 atom stereocenters. The fourth-order valence-corrected chi connectivity index (χ4v) is 2.31.